The van der Waals surface area contributed by atoms with Crippen molar-refractivity contribution in [3.05, 3.63) is 54.7 Å². The lowest BCUT2D eigenvalue weighted by Crippen LogP contribution is -1.92. The molecule has 4 heteroatoms. The first-order valence-electron chi connectivity index (χ1n) is 6.31. The van der Waals surface area contributed by atoms with Gasteiger partial charge in [-0.1, -0.05) is 18.2 Å². The smallest absolute Gasteiger partial charge is 0.231 e. The van der Waals surface area contributed by atoms with Crippen molar-refractivity contribution in [1.29, 1.82) is 0 Å². The van der Waals surface area contributed by atoms with Crippen LogP contribution in [0.15, 0.2) is 54.7 Å². The predicted molar refractivity (Wildman–Crippen MR) is 74.4 cm³/mol. The summed E-state index contributed by atoms with van der Waals surface area (Å²) in [6, 6.07) is 15.3. The van der Waals surface area contributed by atoms with Crippen molar-refractivity contribution in [3.63, 3.8) is 0 Å². The SMILES string of the molecule is c1cnc2c(Oc3ccc4c(c3)OCO4)cccc2c1. The minimum absolute atomic E-state index is 0.259. The first-order valence-corrected chi connectivity index (χ1v) is 6.31. The second kappa shape index (κ2) is 4.42. The largest absolute Gasteiger partial charge is 0.455 e. The van der Waals surface area contributed by atoms with Crippen molar-refractivity contribution in [2.75, 3.05) is 6.79 Å². The molecule has 4 nitrogen and oxygen atoms in total. The van der Waals surface area contributed by atoms with Crippen LogP contribution < -0.4 is 14.2 Å². The van der Waals surface area contributed by atoms with Crippen molar-refractivity contribution < 1.29 is 14.2 Å². The maximum absolute atomic E-state index is 5.92. The molecule has 98 valence electrons. The number of hydrogen-bond acceptors (Lipinski definition) is 4. The Bertz CT molecular complexity index is 780. The van der Waals surface area contributed by atoms with Gasteiger partial charge in [-0.05, 0) is 24.3 Å². The van der Waals surface area contributed by atoms with Gasteiger partial charge in [-0.15, -0.1) is 0 Å². The van der Waals surface area contributed by atoms with Crippen LogP contribution in [0, 0.1) is 0 Å². The van der Waals surface area contributed by atoms with Gasteiger partial charge in [0, 0.05) is 17.6 Å². The number of rotatable bonds is 2. The molecule has 0 unspecified atom stereocenters. The topological polar surface area (TPSA) is 40.6 Å². The van der Waals surface area contributed by atoms with Gasteiger partial charge >= 0.3 is 0 Å². The number of aromatic nitrogens is 1. The zero-order chi connectivity index (χ0) is 13.4. The molecule has 0 saturated heterocycles. The Morgan fingerprint density at radius 1 is 0.950 bits per heavy atom. The fourth-order valence-corrected chi connectivity index (χ4v) is 2.23. The molecule has 0 amide bonds. The van der Waals surface area contributed by atoms with Gasteiger partial charge < -0.3 is 14.2 Å². The van der Waals surface area contributed by atoms with Crippen molar-refractivity contribution in [2.24, 2.45) is 0 Å². The van der Waals surface area contributed by atoms with E-state index in [1.54, 1.807) is 6.20 Å². The Kier molecular flexibility index (Phi) is 2.45. The van der Waals surface area contributed by atoms with Crippen LogP contribution in [-0.2, 0) is 0 Å². The van der Waals surface area contributed by atoms with Crippen molar-refractivity contribution in [2.45, 2.75) is 0 Å². The van der Waals surface area contributed by atoms with Gasteiger partial charge in [-0.2, -0.15) is 0 Å². The Balaban J connectivity index is 1.74. The highest BCUT2D eigenvalue weighted by atomic mass is 16.7. The monoisotopic (exact) mass is 265 g/mol. The van der Waals surface area contributed by atoms with Crippen LogP contribution in [0.3, 0.4) is 0 Å². The van der Waals surface area contributed by atoms with E-state index in [1.807, 2.05) is 48.5 Å². The van der Waals surface area contributed by atoms with E-state index < -0.39 is 0 Å². The van der Waals surface area contributed by atoms with E-state index in [2.05, 4.69) is 4.98 Å². The van der Waals surface area contributed by atoms with Crippen LogP contribution in [0.1, 0.15) is 0 Å². The molecule has 0 aliphatic carbocycles. The number of hydrogen-bond donors (Lipinski definition) is 0. The van der Waals surface area contributed by atoms with Crippen LogP contribution in [0.5, 0.6) is 23.0 Å². The number of para-hydroxylation sites is 1. The first kappa shape index (κ1) is 11.1. The van der Waals surface area contributed by atoms with Crippen LogP contribution >= 0.6 is 0 Å². The van der Waals surface area contributed by atoms with Crippen LogP contribution in [0.25, 0.3) is 10.9 Å². The fraction of sp³-hybridized carbons (Fsp3) is 0.0625. The molecule has 1 aromatic heterocycles. The second-order valence-electron chi connectivity index (χ2n) is 4.45. The van der Waals surface area contributed by atoms with Gasteiger partial charge in [0.2, 0.25) is 6.79 Å². The Hall–Kier alpha value is -2.75. The molecule has 1 aliphatic rings. The fourth-order valence-electron chi connectivity index (χ4n) is 2.23. The van der Waals surface area contributed by atoms with Crippen LogP contribution in [0.2, 0.25) is 0 Å². The van der Waals surface area contributed by atoms with Gasteiger partial charge in [0.05, 0.1) is 0 Å². The van der Waals surface area contributed by atoms with Crippen LogP contribution in [-0.4, -0.2) is 11.8 Å². The third kappa shape index (κ3) is 1.82. The lowest BCUT2D eigenvalue weighted by Gasteiger charge is -2.08. The standard InChI is InChI=1S/C16H11NO3/c1-3-11-4-2-8-17-16(11)14(5-1)20-12-6-7-13-15(9-12)19-10-18-13/h1-9H,10H2. The van der Waals surface area contributed by atoms with E-state index in [0.717, 1.165) is 22.4 Å². The molecule has 0 saturated carbocycles. The molecule has 2 heterocycles. The molecular weight excluding hydrogens is 254 g/mol. The highest BCUT2D eigenvalue weighted by Crippen LogP contribution is 2.37. The van der Waals surface area contributed by atoms with Gasteiger partial charge in [0.1, 0.15) is 11.3 Å². The van der Waals surface area contributed by atoms with Crippen molar-refractivity contribution in [1.82, 2.24) is 4.98 Å². The maximum atomic E-state index is 5.92. The number of ether oxygens (including phenoxy) is 3. The number of fused-ring (bicyclic) bond motifs is 2. The number of nitrogens with zero attached hydrogens (tertiary/aromatic N) is 1. The minimum Gasteiger partial charge on any atom is -0.455 e. The van der Waals surface area contributed by atoms with Gasteiger partial charge in [-0.3, -0.25) is 4.98 Å². The summed E-state index contributed by atoms with van der Waals surface area (Å²) in [5.41, 5.74) is 0.840. The van der Waals surface area contributed by atoms with Crippen LogP contribution in [0.4, 0.5) is 0 Å². The van der Waals surface area contributed by atoms with Crippen molar-refractivity contribution in [3.8, 4) is 23.0 Å². The van der Waals surface area contributed by atoms with E-state index in [9.17, 15) is 0 Å². The molecule has 3 aromatic rings. The summed E-state index contributed by atoms with van der Waals surface area (Å²) in [4.78, 5) is 4.37. The number of pyridine rings is 1. The molecule has 4 rings (SSSR count). The molecule has 0 N–H and O–H groups in total. The third-order valence-corrected chi connectivity index (χ3v) is 3.17. The van der Waals surface area contributed by atoms with E-state index >= 15 is 0 Å². The zero-order valence-electron chi connectivity index (χ0n) is 10.6. The summed E-state index contributed by atoms with van der Waals surface area (Å²) in [6.07, 6.45) is 1.76. The molecule has 20 heavy (non-hydrogen) atoms. The molecule has 0 radical (unpaired) electrons. The predicted octanol–water partition coefficient (Wildman–Crippen LogP) is 3.76. The summed E-state index contributed by atoms with van der Waals surface area (Å²) in [5, 5.41) is 1.05. The highest BCUT2D eigenvalue weighted by Gasteiger charge is 2.14. The van der Waals surface area contributed by atoms with Gasteiger partial charge in [0.25, 0.3) is 0 Å². The normalized spacial score (nSPS) is 12.6. The summed E-state index contributed by atoms with van der Waals surface area (Å²) in [5.74, 6) is 2.87. The highest BCUT2D eigenvalue weighted by molar-refractivity contribution is 5.84. The van der Waals surface area contributed by atoms with Gasteiger partial charge in [0.15, 0.2) is 17.2 Å². The molecule has 0 fully saturated rings. The number of benzene rings is 2. The summed E-state index contributed by atoms with van der Waals surface area (Å²) in [6.45, 7) is 0.259. The molecule has 0 atom stereocenters. The summed E-state index contributed by atoms with van der Waals surface area (Å²) >= 11 is 0. The summed E-state index contributed by atoms with van der Waals surface area (Å²) in [7, 11) is 0. The van der Waals surface area contributed by atoms with E-state index in [4.69, 9.17) is 14.2 Å². The van der Waals surface area contributed by atoms with Crippen molar-refractivity contribution >= 4 is 10.9 Å². The molecule has 1 aliphatic heterocycles. The van der Waals surface area contributed by atoms with E-state index in [-0.39, 0.29) is 6.79 Å². The average molecular weight is 265 g/mol. The maximum Gasteiger partial charge on any atom is 0.231 e. The molecule has 2 aromatic carbocycles. The lowest BCUT2D eigenvalue weighted by atomic mass is 10.2. The van der Waals surface area contributed by atoms with E-state index in [1.165, 1.54) is 0 Å². The second-order valence-corrected chi connectivity index (χ2v) is 4.45. The Morgan fingerprint density at radius 3 is 2.85 bits per heavy atom. The zero-order valence-corrected chi connectivity index (χ0v) is 10.6. The molecule has 0 spiro atoms. The Morgan fingerprint density at radius 2 is 1.85 bits per heavy atom. The molecular formula is C16H11NO3. The Labute approximate surface area is 115 Å². The summed E-state index contributed by atoms with van der Waals surface area (Å²) < 4.78 is 16.5. The minimum atomic E-state index is 0.259. The van der Waals surface area contributed by atoms with E-state index in [0.29, 0.717) is 11.5 Å². The lowest BCUT2D eigenvalue weighted by molar-refractivity contribution is 0.174. The third-order valence-electron chi connectivity index (χ3n) is 3.17. The quantitative estimate of drug-likeness (QED) is 0.707. The average Bonchev–Trinajstić information content (AvgIpc) is 2.95. The van der Waals surface area contributed by atoms with Gasteiger partial charge in [-0.25, -0.2) is 0 Å². The molecule has 0 bridgehead atoms. The first-order chi connectivity index (χ1) is 9.90.